The molecule has 0 spiro atoms. The van der Waals surface area contributed by atoms with Crippen LogP contribution in [0.5, 0.6) is 5.75 Å². The Morgan fingerprint density at radius 2 is 1.88 bits per heavy atom. The molecule has 1 aliphatic heterocycles. The van der Waals surface area contributed by atoms with Crippen LogP contribution in [0.25, 0.3) is 6.08 Å². The molecule has 1 heterocycles. The van der Waals surface area contributed by atoms with Gasteiger partial charge in [-0.3, -0.25) is 19.7 Å². The molecule has 0 atom stereocenters. The van der Waals surface area contributed by atoms with Crippen LogP contribution >= 0.6 is 15.9 Å². The Balaban J connectivity index is 1.76. The number of anilines is 1. The zero-order valence-electron chi connectivity index (χ0n) is 13.1. The van der Waals surface area contributed by atoms with Gasteiger partial charge in [-0.05, 0) is 42.5 Å². The standard InChI is InChI=1S/C18H13BrN2O4/c1-25-15-6-3-11(19)8-10(15)2-7-16(22)20-12-4-5-13-14(9-12)18(24)21-17(13)23/h2-9H,1H3,(H,20,22)(H,21,23,24)/b7-2+. The predicted octanol–water partition coefficient (Wildman–Crippen LogP) is 2.99. The van der Waals surface area contributed by atoms with Crippen LogP contribution in [-0.4, -0.2) is 24.8 Å². The van der Waals surface area contributed by atoms with Crippen LogP contribution < -0.4 is 15.4 Å². The number of methoxy groups -OCH3 is 1. The first-order chi connectivity index (χ1) is 12.0. The summed E-state index contributed by atoms with van der Waals surface area (Å²) in [6.45, 7) is 0. The molecule has 0 fully saturated rings. The lowest BCUT2D eigenvalue weighted by Gasteiger charge is -2.06. The summed E-state index contributed by atoms with van der Waals surface area (Å²) in [5, 5.41) is 4.86. The van der Waals surface area contributed by atoms with Crippen LogP contribution in [0.15, 0.2) is 46.9 Å². The molecule has 126 valence electrons. The molecule has 6 nitrogen and oxygen atoms in total. The number of rotatable bonds is 4. The highest BCUT2D eigenvalue weighted by molar-refractivity contribution is 9.10. The largest absolute Gasteiger partial charge is 0.496 e. The Bertz CT molecular complexity index is 921. The molecule has 0 radical (unpaired) electrons. The Labute approximate surface area is 152 Å². The van der Waals surface area contributed by atoms with Gasteiger partial charge in [0.15, 0.2) is 0 Å². The maximum absolute atomic E-state index is 12.1. The summed E-state index contributed by atoms with van der Waals surface area (Å²) < 4.78 is 6.11. The van der Waals surface area contributed by atoms with Crippen molar-refractivity contribution in [3.63, 3.8) is 0 Å². The van der Waals surface area contributed by atoms with Gasteiger partial charge in [0, 0.05) is 21.8 Å². The van der Waals surface area contributed by atoms with Gasteiger partial charge in [0.25, 0.3) is 11.8 Å². The lowest BCUT2D eigenvalue weighted by Crippen LogP contribution is -2.19. The topological polar surface area (TPSA) is 84.5 Å². The molecule has 0 saturated carbocycles. The number of carbonyl (C=O) groups is 3. The molecule has 2 N–H and O–H groups in total. The smallest absolute Gasteiger partial charge is 0.259 e. The molecule has 0 bridgehead atoms. The number of amides is 3. The van der Waals surface area contributed by atoms with E-state index in [-0.39, 0.29) is 11.5 Å². The van der Waals surface area contributed by atoms with Gasteiger partial charge in [0.1, 0.15) is 5.75 Å². The lowest BCUT2D eigenvalue weighted by molar-refractivity contribution is -0.111. The normalized spacial score (nSPS) is 12.9. The number of ether oxygens (including phenoxy) is 1. The second kappa shape index (κ2) is 6.90. The number of benzene rings is 2. The van der Waals surface area contributed by atoms with Crippen molar-refractivity contribution in [2.75, 3.05) is 12.4 Å². The summed E-state index contributed by atoms with van der Waals surface area (Å²) in [6, 6.07) is 10.0. The van der Waals surface area contributed by atoms with Gasteiger partial charge in [-0.1, -0.05) is 15.9 Å². The SMILES string of the molecule is COc1ccc(Br)cc1/C=C/C(=O)Nc1ccc2c(c1)C(=O)NC2=O. The van der Waals surface area contributed by atoms with Crippen LogP contribution in [0.1, 0.15) is 26.3 Å². The molecule has 0 unspecified atom stereocenters. The fourth-order valence-corrected chi connectivity index (χ4v) is 2.81. The van der Waals surface area contributed by atoms with E-state index in [0.717, 1.165) is 10.0 Å². The minimum Gasteiger partial charge on any atom is -0.496 e. The summed E-state index contributed by atoms with van der Waals surface area (Å²) >= 11 is 3.37. The van der Waals surface area contributed by atoms with Crippen LogP contribution in [0.3, 0.4) is 0 Å². The van der Waals surface area contributed by atoms with Crippen molar-refractivity contribution in [3.05, 3.63) is 63.6 Å². The average molecular weight is 401 g/mol. The van der Waals surface area contributed by atoms with Gasteiger partial charge >= 0.3 is 0 Å². The third kappa shape index (κ3) is 3.61. The highest BCUT2D eigenvalue weighted by Gasteiger charge is 2.26. The Hall–Kier alpha value is -2.93. The van der Waals surface area contributed by atoms with Crippen LogP contribution in [0, 0.1) is 0 Å². The number of hydrogen-bond donors (Lipinski definition) is 2. The first kappa shape index (κ1) is 16.9. The summed E-state index contributed by atoms with van der Waals surface area (Å²) in [4.78, 5) is 35.3. The molecule has 2 aromatic rings. The Morgan fingerprint density at radius 3 is 2.64 bits per heavy atom. The Kier molecular flexibility index (Phi) is 4.67. The molecule has 0 aromatic heterocycles. The zero-order chi connectivity index (χ0) is 18.0. The van der Waals surface area contributed by atoms with Crippen molar-refractivity contribution in [2.24, 2.45) is 0 Å². The van der Waals surface area contributed by atoms with Crippen LogP contribution in [-0.2, 0) is 4.79 Å². The van der Waals surface area contributed by atoms with Gasteiger partial charge in [0.2, 0.25) is 5.91 Å². The predicted molar refractivity (Wildman–Crippen MR) is 96.6 cm³/mol. The molecule has 7 heteroatoms. The van der Waals surface area contributed by atoms with E-state index in [4.69, 9.17) is 4.74 Å². The van der Waals surface area contributed by atoms with Gasteiger partial charge in [0.05, 0.1) is 18.2 Å². The van der Waals surface area contributed by atoms with E-state index in [1.54, 1.807) is 25.3 Å². The van der Waals surface area contributed by atoms with E-state index in [1.807, 2.05) is 12.1 Å². The molecule has 25 heavy (non-hydrogen) atoms. The molecule has 1 aliphatic rings. The fourth-order valence-electron chi connectivity index (χ4n) is 2.43. The summed E-state index contributed by atoms with van der Waals surface area (Å²) in [5.41, 5.74) is 1.73. The van der Waals surface area contributed by atoms with Gasteiger partial charge in [-0.15, -0.1) is 0 Å². The number of carbonyl (C=O) groups excluding carboxylic acids is 3. The summed E-state index contributed by atoms with van der Waals surface area (Å²) in [6.07, 6.45) is 2.99. The van der Waals surface area contributed by atoms with E-state index in [0.29, 0.717) is 17.0 Å². The third-order valence-electron chi connectivity index (χ3n) is 3.61. The second-order valence-electron chi connectivity index (χ2n) is 5.25. The monoisotopic (exact) mass is 400 g/mol. The first-order valence-electron chi connectivity index (χ1n) is 7.30. The van der Waals surface area contributed by atoms with Crippen molar-refractivity contribution in [2.45, 2.75) is 0 Å². The van der Waals surface area contributed by atoms with Crippen molar-refractivity contribution < 1.29 is 19.1 Å². The summed E-state index contributed by atoms with van der Waals surface area (Å²) in [5.74, 6) is -0.628. The highest BCUT2D eigenvalue weighted by atomic mass is 79.9. The number of fused-ring (bicyclic) bond motifs is 1. The van der Waals surface area contributed by atoms with E-state index in [2.05, 4.69) is 26.6 Å². The van der Waals surface area contributed by atoms with Gasteiger partial charge in [-0.25, -0.2) is 0 Å². The average Bonchev–Trinajstić information content (AvgIpc) is 2.87. The van der Waals surface area contributed by atoms with Crippen molar-refractivity contribution >= 4 is 45.4 Å². The summed E-state index contributed by atoms with van der Waals surface area (Å²) in [7, 11) is 1.55. The van der Waals surface area contributed by atoms with Crippen molar-refractivity contribution in [1.29, 1.82) is 0 Å². The number of hydrogen-bond acceptors (Lipinski definition) is 4. The molecule has 3 amide bonds. The number of nitrogens with one attached hydrogen (secondary N) is 2. The van der Waals surface area contributed by atoms with Crippen LogP contribution in [0.4, 0.5) is 5.69 Å². The maximum atomic E-state index is 12.1. The van der Waals surface area contributed by atoms with Gasteiger partial charge < -0.3 is 10.1 Å². The zero-order valence-corrected chi connectivity index (χ0v) is 14.7. The van der Waals surface area contributed by atoms with Crippen LogP contribution in [0.2, 0.25) is 0 Å². The second-order valence-corrected chi connectivity index (χ2v) is 6.17. The fraction of sp³-hybridized carbons (Fsp3) is 0.0556. The minimum atomic E-state index is -0.467. The third-order valence-corrected chi connectivity index (χ3v) is 4.10. The molecule has 3 rings (SSSR count). The quantitative estimate of drug-likeness (QED) is 0.610. The van der Waals surface area contributed by atoms with E-state index >= 15 is 0 Å². The van der Waals surface area contributed by atoms with E-state index < -0.39 is 11.8 Å². The molecular weight excluding hydrogens is 388 g/mol. The van der Waals surface area contributed by atoms with Crippen molar-refractivity contribution in [3.8, 4) is 5.75 Å². The molecule has 0 aliphatic carbocycles. The van der Waals surface area contributed by atoms with Gasteiger partial charge in [-0.2, -0.15) is 0 Å². The lowest BCUT2D eigenvalue weighted by atomic mass is 10.1. The first-order valence-corrected chi connectivity index (χ1v) is 8.09. The number of imide groups is 1. The highest BCUT2D eigenvalue weighted by Crippen LogP contribution is 2.24. The molecule has 0 saturated heterocycles. The minimum absolute atomic E-state index is 0.250. The number of halogens is 1. The van der Waals surface area contributed by atoms with E-state index in [9.17, 15) is 14.4 Å². The molecule has 2 aromatic carbocycles. The van der Waals surface area contributed by atoms with E-state index in [1.165, 1.54) is 18.2 Å². The molecular formula is C18H13BrN2O4. The Morgan fingerprint density at radius 1 is 1.12 bits per heavy atom. The van der Waals surface area contributed by atoms with Crippen molar-refractivity contribution in [1.82, 2.24) is 5.32 Å². The maximum Gasteiger partial charge on any atom is 0.259 e.